The van der Waals surface area contributed by atoms with E-state index in [0.29, 0.717) is 75.3 Å². The Bertz CT molecular complexity index is 3250. The third-order valence-corrected chi connectivity index (χ3v) is 15.5. The molecule has 5 aromatic carbocycles. The van der Waals surface area contributed by atoms with Crippen LogP contribution in [0.15, 0.2) is 144 Å². The van der Waals surface area contributed by atoms with Gasteiger partial charge in [-0.15, -0.1) is 0 Å². The van der Waals surface area contributed by atoms with E-state index in [4.69, 9.17) is 24.5 Å². The molecule has 20 heteroatoms. The standard InChI is InChI=1S/C65H84N8O11S/c1-6-67-60(76)46-81-41-42-83-61(71-72-66)47-84-53-21-18-20-50(45-53)63(77)70-38-37-69-59(75)25-11-9-16-39-73-57-33-28-49-27-26-48(2)44-54(49)62(57)64(3,4)58(73)24-10-7-8-14-34-65(5,35-15-17-43-85(78,79)80)55-22-12-13-23-56(55)68-36-19-40-82-52-31-29-51(74)30-32-52/h7-8,10,12-14,18,20-24,26-33,44-45,61,68,74H,6,9,11,15-17,19,25,34-43,46-47H2,1-5H3,(H,67,76)(H,69,75)(H,70,77)(H,78,79,80)/b10-7+,14-8+,58-24+. The first-order chi connectivity index (χ1) is 40.9. The molecular weight excluding hydrogens is 1100 g/mol. The van der Waals surface area contributed by atoms with Crippen molar-refractivity contribution in [1.29, 1.82) is 0 Å². The molecule has 0 aliphatic carbocycles. The summed E-state index contributed by atoms with van der Waals surface area (Å²) >= 11 is 0. The summed E-state index contributed by atoms with van der Waals surface area (Å²) in [6, 6.07) is 32.4. The summed E-state index contributed by atoms with van der Waals surface area (Å²) in [6.45, 7) is 13.5. The lowest BCUT2D eigenvalue weighted by Gasteiger charge is -2.32. The number of para-hydroxylation sites is 1. The molecule has 5 aromatic rings. The molecule has 0 saturated heterocycles. The van der Waals surface area contributed by atoms with E-state index in [1.165, 1.54) is 33.3 Å². The van der Waals surface area contributed by atoms with Crippen molar-refractivity contribution in [3.05, 3.63) is 172 Å². The van der Waals surface area contributed by atoms with Gasteiger partial charge >= 0.3 is 0 Å². The normalized spacial score (nSPS) is 14.4. The van der Waals surface area contributed by atoms with Crippen molar-refractivity contribution in [2.45, 2.75) is 109 Å². The highest BCUT2D eigenvalue weighted by Gasteiger charge is 2.41. The maximum absolute atomic E-state index is 13.0. The van der Waals surface area contributed by atoms with Crippen molar-refractivity contribution >= 4 is 50.0 Å². The quantitative estimate of drug-likeness (QED) is 0.00540. The van der Waals surface area contributed by atoms with E-state index in [0.717, 1.165) is 37.1 Å². The second-order valence-corrected chi connectivity index (χ2v) is 23.4. The first-order valence-corrected chi connectivity index (χ1v) is 30.9. The molecule has 0 saturated carbocycles. The molecule has 0 fully saturated rings. The number of amides is 3. The SMILES string of the molecule is CCNC(=O)COCCOC(COc1cccc(C(=O)NCCNC(=O)CCCCCN2/C(=C/C=C/C=C/CC(C)(CCCCS(=O)(=O)O)c3ccccc3NCCCOc3ccc(O)cc3)C(C)(C)c3c2ccc2ccc(C)cc32)c1)N=[N+]=[N-]. The van der Waals surface area contributed by atoms with Crippen LogP contribution in [0.3, 0.4) is 0 Å². The summed E-state index contributed by atoms with van der Waals surface area (Å²) < 4.78 is 55.2. The van der Waals surface area contributed by atoms with Gasteiger partial charge in [-0.3, -0.25) is 18.9 Å². The fourth-order valence-corrected chi connectivity index (χ4v) is 11.0. The number of likely N-dealkylation sites (N-methyl/N-ethyl adjacent to an activating group) is 1. The number of unbranched alkanes of at least 4 members (excludes halogenated alkanes) is 3. The van der Waals surface area contributed by atoms with Gasteiger partial charge in [-0.25, -0.2) is 0 Å². The first kappa shape index (κ1) is 66.3. The predicted octanol–water partition coefficient (Wildman–Crippen LogP) is 11.5. The number of aromatic hydroxyl groups is 1. The van der Waals surface area contributed by atoms with E-state index in [-0.39, 0.29) is 79.6 Å². The largest absolute Gasteiger partial charge is 0.508 e. The van der Waals surface area contributed by atoms with Crippen LogP contribution in [0.4, 0.5) is 11.4 Å². The average Bonchev–Trinajstić information content (AvgIpc) is 3.94. The molecule has 456 valence electrons. The molecule has 0 aromatic heterocycles. The van der Waals surface area contributed by atoms with Crippen LogP contribution >= 0.6 is 0 Å². The van der Waals surface area contributed by atoms with Gasteiger partial charge in [0, 0.05) is 72.1 Å². The van der Waals surface area contributed by atoms with Crippen LogP contribution in [0.5, 0.6) is 17.2 Å². The van der Waals surface area contributed by atoms with Crippen LogP contribution in [0.25, 0.3) is 21.2 Å². The summed E-state index contributed by atoms with van der Waals surface area (Å²) in [4.78, 5) is 42.7. The molecule has 2 unspecified atom stereocenters. The number of anilines is 2. The monoisotopic (exact) mass is 1180 g/mol. The van der Waals surface area contributed by atoms with E-state index in [2.05, 4.69) is 137 Å². The molecule has 1 heterocycles. The number of nitrogens with one attached hydrogen (secondary N) is 4. The number of phenols is 1. The van der Waals surface area contributed by atoms with Gasteiger partial charge in [-0.05, 0) is 146 Å². The van der Waals surface area contributed by atoms with Crippen molar-refractivity contribution in [3.8, 4) is 17.2 Å². The summed E-state index contributed by atoms with van der Waals surface area (Å²) in [7, 11) is -4.07. The van der Waals surface area contributed by atoms with Gasteiger partial charge in [-0.2, -0.15) is 8.42 Å². The molecular formula is C65H84N8O11S. The van der Waals surface area contributed by atoms with Crippen molar-refractivity contribution < 1.29 is 51.4 Å². The minimum absolute atomic E-state index is 0.0657. The molecule has 0 spiro atoms. The lowest BCUT2D eigenvalue weighted by molar-refractivity contribution is -0.126. The highest BCUT2D eigenvalue weighted by molar-refractivity contribution is 7.85. The van der Waals surface area contributed by atoms with Crippen LogP contribution in [-0.2, 0) is 40.0 Å². The topological polar surface area (TPSA) is 263 Å². The number of nitrogens with zero attached hydrogens (tertiary/aromatic N) is 4. The maximum Gasteiger partial charge on any atom is 0.264 e. The number of rotatable bonds is 37. The van der Waals surface area contributed by atoms with Gasteiger partial charge in [0.2, 0.25) is 11.8 Å². The summed E-state index contributed by atoms with van der Waals surface area (Å²) in [5, 5.41) is 27.6. The number of carbonyl (C=O) groups excluding carboxylic acids is 3. The Balaban J connectivity index is 1.01. The highest BCUT2D eigenvalue weighted by Crippen LogP contribution is 2.51. The minimum Gasteiger partial charge on any atom is -0.508 e. The minimum atomic E-state index is -4.07. The number of carbonyl (C=O) groups is 3. The molecule has 19 nitrogen and oxygen atoms in total. The zero-order chi connectivity index (χ0) is 61.1. The number of allylic oxidation sites excluding steroid dienone is 6. The third kappa shape index (κ3) is 21.3. The Morgan fingerprint density at radius 1 is 0.812 bits per heavy atom. The first-order valence-electron chi connectivity index (χ1n) is 29.2. The number of benzene rings is 5. The van der Waals surface area contributed by atoms with Crippen molar-refractivity contribution in [2.75, 3.05) is 81.7 Å². The Morgan fingerprint density at radius 3 is 2.39 bits per heavy atom. The summed E-state index contributed by atoms with van der Waals surface area (Å²) in [5.74, 6) is 0.277. The van der Waals surface area contributed by atoms with Crippen LogP contribution in [0.2, 0.25) is 0 Å². The molecule has 85 heavy (non-hydrogen) atoms. The fourth-order valence-electron chi connectivity index (χ4n) is 10.4. The molecule has 1 aliphatic heterocycles. The van der Waals surface area contributed by atoms with E-state index < -0.39 is 16.3 Å². The zero-order valence-corrected chi connectivity index (χ0v) is 50.5. The Kier molecular flexibility index (Phi) is 26.2. The highest BCUT2D eigenvalue weighted by atomic mass is 32.2. The van der Waals surface area contributed by atoms with Gasteiger partial charge in [0.05, 0.1) is 25.6 Å². The van der Waals surface area contributed by atoms with Gasteiger partial charge in [0.25, 0.3) is 16.0 Å². The second kappa shape index (κ2) is 33.6. The van der Waals surface area contributed by atoms with Gasteiger partial charge < -0.3 is 50.2 Å². The molecule has 0 bridgehead atoms. The molecule has 0 radical (unpaired) electrons. The van der Waals surface area contributed by atoms with E-state index in [1.54, 1.807) is 48.5 Å². The van der Waals surface area contributed by atoms with Gasteiger partial charge in [-0.1, -0.05) is 117 Å². The predicted molar refractivity (Wildman–Crippen MR) is 335 cm³/mol. The van der Waals surface area contributed by atoms with Gasteiger partial charge in [0.15, 0.2) is 6.23 Å². The molecule has 1 aliphatic rings. The number of hydrogen-bond acceptors (Lipinski definition) is 13. The lowest BCUT2D eigenvalue weighted by Crippen LogP contribution is -2.34. The zero-order valence-electron chi connectivity index (χ0n) is 49.7. The van der Waals surface area contributed by atoms with Crippen molar-refractivity contribution in [1.82, 2.24) is 16.0 Å². The van der Waals surface area contributed by atoms with Crippen LogP contribution in [0, 0.1) is 6.92 Å². The molecule has 2 atom stereocenters. The number of azide groups is 1. The van der Waals surface area contributed by atoms with Crippen LogP contribution in [-0.4, -0.2) is 114 Å². The molecule has 6 N–H and O–H groups in total. The van der Waals surface area contributed by atoms with E-state index in [9.17, 15) is 32.5 Å². The number of hydrogen-bond donors (Lipinski definition) is 6. The van der Waals surface area contributed by atoms with Gasteiger partial charge in [0.1, 0.15) is 30.5 Å². The summed E-state index contributed by atoms with van der Waals surface area (Å²) in [5.41, 5.74) is 15.6. The fraction of sp³-hybridized carbons (Fsp3) is 0.431. The van der Waals surface area contributed by atoms with Crippen molar-refractivity contribution in [2.24, 2.45) is 5.11 Å². The van der Waals surface area contributed by atoms with E-state index >= 15 is 0 Å². The number of ether oxygens (including phenoxy) is 4. The second-order valence-electron chi connectivity index (χ2n) is 21.8. The Morgan fingerprint density at radius 2 is 1.60 bits per heavy atom. The van der Waals surface area contributed by atoms with E-state index in [1.807, 2.05) is 19.1 Å². The van der Waals surface area contributed by atoms with Crippen molar-refractivity contribution in [3.63, 3.8) is 0 Å². The number of aryl methyl sites for hydroxylation is 1. The average molecular weight is 1190 g/mol. The Labute approximate surface area is 500 Å². The molecule has 3 amide bonds. The van der Waals surface area contributed by atoms with Crippen LogP contribution in [0.1, 0.15) is 113 Å². The molecule has 6 rings (SSSR count). The third-order valence-electron chi connectivity index (χ3n) is 14.7. The number of fused-ring (bicyclic) bond motifs is 3. The smallest absolute Gasteiger partial charge is 0.264 e. The summed E-state index contributed by atoms with van der Waals surface area (Å²) in [6.07, 6.45) is 15.5. The Hall–Kier alpha value is -7.87. The number of phenolic OH excluding ortho intramolecular Hbond substituents is 1. The van der Waals surface area contributed by atoms with Crippen LogP contribution < -0.4 is 35.6 Å². The maximum atomic E-state index is 13.0. The lowest BCUT2D eigenvalue weighted by atomic mass is 9.74.